The Kier molecular flexibility index (Phi) is 7.24. The first-order valence-corrected chi connectivity index (χ1v) is 12.4. The molecule has 6 nitrogen and oxygen atoms in total. The molecular formula is C23H21ClN4O2S2. The number of carbonyl (C=O) groups is 1. The van der Waals surface area contributed by atoms with Gasteiger partial charge in [0, 0.05) is 33.7 Å². The van der Waals surface area contributed by atoms with Crippen molar-refractivity contribution in [1.82, 2.24) is 14.6 Å². The minimum atomic E-state index is -0.234. The van der Waals surface area contributed by atoms with Gasteiger partial charge in [-0.3, -0.25) is 9.59 Å². The van der Waals surface area contributed by atoms with Gasteiger partial charge in [0.15, 0.2) is 0 Å². The predicted molar refractivity (Wildman–Crippen MR) is 131 cm³/mol. The standard InChI is InChI=1S/C23H21ClN4O2S2/c1-2-3-11-20-27-28-21(29)13-17(25-23(28)32-20)14-31-19-10-5-4-9-18(19)26-22(30)15-7-6-8-16(24)12-15/h4-10,12-13H,2-3,11,14H2,1H3,(H,26,30). The summed E-state index contributed by atoms with van der Waals surface area (Å²) in [6.45, 7) is 2.13. The summed E-state index contributed by atoms with van der Waals surface area (Å²) in [5.74, 6) is 0.264. The van der Waals surface area contributed by atoms with Gasteiger partial charge in [-0.05, 0) is 36.8 Å². The molecule has 0 aliphatic rings. The molecule has 0 fully saturated rings. The maximum Gasteiger partial charge on any atom is 0.275 e. The molecule has 0 radical (unpaired) electrons. The van der Waals surface area contributed by atoms with Crippen LogP contribution in [0.5, 0.6) is 0 Å². The Hall–Kier alpha value is -2.68. The molecule has 4 aromatic rings. The van der Waals surface area contributed by atoms with Crippen molar-refractivity contribution >= 4 is 51.3 Å². The molecule has 0 saturated carbocycles. The number of fused-ring (bicyclic) bond motifs is 1. The van der Waals surface area contributed by atoms with Gasteiger partial charge in [-0.25, -0.2) is 4.98 Å². The highest BCUT2D eigenvalue weighted by atomic mass is 35.5. The first kappa shape index (κ1) is 22.5. The molecule has 32 heavy (non-hydrogen) atoms. The van der Waals surface area contributed by atoms with E-state index in [2.05, 4.69) is 22.3 Å². The van der Waals surface area contributed by atoms with Crippen LogP contribution in [0.15, 0.2) is 64.3 Å². The zero-order chi connectivity index (χ0) is 22.5. The number of aromatic nitrogens is 3. The highest BCUT2D eigenvalue weighted by Crippen LogP contribution is 2.30. The van der Waals surface area contributed by atoms with Crippen LogP contribution in [0.3, 0.4) is 0 Å². The number of amides is 1. The van der Waals surface area contributed by atoms with Crippen molar-refractivity contribution < 1.29 is 4.79 Å². The number of aryl methyl sites for hydroxylation is 1. The molecule has 0 aliphatic heterocycles. The van der Waals surface area contributed by atoms with Crippen molar-refractivity contribution in [3.63, 3.8) is 0 Å². The van der Waals surface area contributed by atoms with Crippen molar-refractivity contribution in [2.24, 2.45) is 0 Å². The smallest absolute Gasteiger partial charge is 0.275 e. The van der Waals surface area contributed by atoms with E-state index in [1.54, 1.807) is 24.3 Å². The summed E-state index contributed by atoms with van der Waals surface area (Å²) in [6.07, 6.45) is 2.97. The van der Waals surface area contributed by atoms with Gasteiger partial charge in [0.2, 0.25) is 4.96 Å². The number of benzene rings is 2. The predicted octanol–water partition coefficient (Wildman–Crippen LogP) is 5.69. The molecule has 0 unspecified atom stereocenters. The molecular weight excluding hydrogens is 464 g/mol. The zero-order valence-electron chi connectivity index (χ0n) is 17.4. The topological polar surface area (TPSA) is 76.4 Å². The third kappa shape index (κ3) is 5.38. The molecule has 9 heteroatoms. The van der Waals surface area contributed by atoms with Crippen molar-refractivity contribution in [2.45, 2.75) is 36.8 Å². The second-order valence-electron chi connectivity index (χ2n) is 7.13. The first-order chi connectivity index (χ1) is 15.5. The summed E-state index contributed by atoms with van der Waals surface area (Å²) in [7, 11) is 0. The second kappa shape index (κ2) is 10.3. The molecule has 0 spiro atoms. The largest absolute Gasteiger partial charge is 0.321 e. The highest BCUT2D eigenvalue weighted by molar-refractivity contribution is 7.98. The number of hydrogen-bond acceptors (Lipinski definition) is 6. The Labute approximate surface area is 198 Å². The van der Waals surface area contributed by atoms with Crippen molar-refractivity contribution in [2.75, 3.05) is 5.32 Å². The number of nitrogens with one attached hydrogen (secondary N) is 1. The van der Waals surface area contributed by atoms with E-state index in [4.69, 9.17) is 11.6 Å². The number of thioether (sulfide) groups is 1. The highest BCUT2D eigenvalue weighted by Gasteiger charge is 2.12. The maximum absolute atomic E-state index is 12.6. The van der Waals surface area contributed by atoms with Gasteiger partial charge >= 0.3 is 0 Å². The Balaban J connectivity index is 1.50. The van der Waals surface area contributed by atoms with Crippen LogP contribution in [0.2, 0.25) is 5.02 Å². The second-order valence-corrected chi connectivity index (χ2v) is 9.62. The van der Waals surface area contributed by atoms with Gasteiger partial charge in [-0.15, -0.1) is 11.8 Å². The zero-order valence-corrected chi connectivity index (χ0v) is 19.8. The normalized spacial score (nSPS) is 11.1. The van der Waals surface area contributed by atoms with E-state index in [-0.39, 0.29) is 11.5 Å². The average molecular weight is 485 g/mol. The van der Waals surface area contributed by atoms with Gasteiger partial charge < -0.3 is 5.32 Å². The molecule has 2 aromatic heterocycles. The first-order valence-electron chi connectivity index (χ1n) is 10.2. The minimum Gasteiger partial charge on any atom is -0.321 e. The number of para-hydroxylation sites is 1. The third-order valence-electron chi connectivity index (χ3n) is 4.68. The maximum atomic E-state index is 12.6. The van der Waals surface area contributed by atoms with Gasteiger partial charge in [0.25, 0.3) is 11.5 Å². The molecule has 0 aliphatic carbocycles. The lowest BCUT2D eigenvalue weighted by Gasteiger charge is -2.11. The minimum absolute atomic E-state index is 0.174. The molecule has 2 aromatic carbocycles. The lowest BCUT2D eigenvalue weighted by Crippen LogP contribution is -2.15. The fourth-order valence-corrected chi connectivity index (χ4v) is 5.12. The van der Waals surface area contributed by atoms with E-state index in [9.17, 15) is 9.59 Å². The Bertz CT molecular complexity index is 1320. The number of anilines is 1. The van der Waals surface area contributed by atoms with Crippen molar-refractivity contribution in [1.29, 1.82) is 0 Å². The van der Waals surface area contributed by atoms with E-state index in [0.29, 0.717) is 32.7 Å². The summed E-state index contributed by atoms with van der Waals surface area (Å²) in [5, 5.41) is 8.76. The number of hydrogen-bond donors (Lipinski definition) is 1. The molecule has 4 rings (SSSR count). The summed E-state index contributed by atoms with van der Waals surface area (Å²) >= 11 is 8.97. The van der Waals surface area contributed by atoms with E-state index in [1.807, 2.05) is 24.3 Å². The van der Waals surface area contributed by atoms with Crippen LogP contribution in [0.4, 0.5) is 5.69 Å². The summed E-state index contributed by atoms with van der Waals surface area (Å²) in [6, 6.07) is 15.9. The lowest BCUT2D eigenvalue weighted by atomic mass is 10.2. The number of halogens is 1. The van der Waals surface area contributed by atoms with Crippen LogP contribution in [0.1, 0.15) is 40.8 Å². The summed E-state index contributed by atoms with van der Waals surface area (Å²) in [4.78, 5) is 31.2. The van der Waals surface area contributed by atoms with Crippen LogP contribution >= 0.6 is 34.7 Å². The quantitative estimate of drug-likeness (QED) is 0.325. The van der Waals surface area contributed by atoms with Gasteiger partial charge in [-0.1, -0.05) is 54.5 Å². The number of rotatable bonds is 8. The number of unbranched alkanes of at least 4 members (excludes halogenated alkanes) is 1. The van der Waals surface area contributed by atoms with Crippen LogP contribution in [0.25, 0.3) is 4.96 Å². The molecule has 164 valence electrons. The van der Waals surface area contributed by atoms with Crippen LogP contribution in [-0.4, -0.2) is 20.5 Å². The molecule has 0 saturated heterocycles. The number of carbonyl (C=O) groups excluding carboxylic acids is 1. The van der Waals surface area contributed by atoms with Crippen LogP contribution < -0.4 is 10.9 Å². The lowest BCUT2D eigenvalue weighted by molar-refractivity contribution is 0.102. The average Bonchev–Trinajstić information content (AvgIpc) is 3.20. The monoisotopic (exact) mass is 484 g/mol. The molecule has 2 heterocycles. The summed E-state index contributed by atoms with van der Waals surface area (Å²) in [5.41, 5.74) is 1.69. The molecule has 0 atom stereocenters. The SMILES string of the molecule is CCCCc1nn2c(=O)cc(CSc3ccccc3NC(=O)c3cccc(Cl)c3)nc2s1. The van der Waals surface area contributed by atoms with Gasteiger partial charge in [-0.2, -0.15) is 9.61 Å². The van der Waals surface area contributed by atoms with Crippen LogP contribution in [-0.2, 0) is 12.2 Å². The Morgan fingerprint density at radius 2 is 2.03 bits per heavy atom. The van der Waals surface area contributed by atoms with Gasteiger partial charge in [0.05, 0.1) is 11.4 Å². The van der Waals surface area contributed by atoms with Crippen LogP contribution in [0, 0.1) is 0 Å². The fourth-order valence-electron chi connectivity index (χ4n) is 3.07. The van der Waals surface area contributed by atoms with Crippen molar-refractivity contribution in [3.05, 3.63) is 86.2 Å². The Morgan fingerprint density at radius 3 is 2.84 bits per heavy atom. The third-order valence-corrected chi connectivity index (χ3v) is 6.99. The molecule has 1 amide bonds. The molecule has 0 bridgehead atoms. The number of nitrogens with zero attached hydrogens (tertiary/aromatic N) is 3. The van der Waals surface area contributed by atoms with Crippen molar-refractivity contribution in [3.8, 4) is 0 Å². The van der Waals surface area contributed by atoms with E-state index < -0.39 is 0 Å². The Morgan fingerprint density at radius 1 is 1.19 bits per heavy atom. The van der Waals surface area contributed by atoms with Gasteiger partial charge in [0.1, 0.15) is 5.01 Å². The molecule has 1 N–H and O–H groups in total. The van der Waals surface area contributed by atoms with E-state index >= 15 is 0 Å². The van der Waals surface area contributed by atoms with E-state index in [1.165, 1.54) is 33.7 Å². The van der Waals surface area contributed by atoms with E-state index in [0.717, 1.165) is 29.2 Å². The fraction of sp³-hybridized carbons (Fsp3) is 0.217. The summed E-state index contributed by atoms with van der Waals surface area (Å²) < 4.78 is 1.38.